The van der Waals surface area contributed by atoms with Crippen molar-refractivity contribution in [2.75, 3.05) is 7.05 Å². The molecule has 7 heteroatoms. The number of benzene rings is 1. The summed E-state index contributed by atoms with van der Waals surface area (Å²) in [5.41, 5.74) is 1.86. The van der Waals surface area contributed by atoms with Gasteiger partial charge in [-0.2, -0.15) is 5.10 Å². The second-order valence-corrected chi connectivity index (χ2v) is 4.92. The van der Waals surface area contributed by atoms with Crippen molar-refractivity contribution in [3.8, 4) is 0 Å². The van der Waals surface area contributed by atoms with Crippen molar-refractivity contribution in [1.29, 1.82) is 0 Å². The lowest BCUT2D eigenvalue weighted by Gasteiger charge is -2.06. The van der Waals surface area contributed by atoms with Crippen LogP contribution in [0.5, 0.6) is 0 Å². The van der Waals surface area contributed by atoms with E-state index in [0.717, 1.165) is 11.1 Å². The summed E-state index contributed by atoms with van der Waals surface area (Å²) in [7, 11) is 1.88. The van der Waals surface area contributed by atoms with E-state index in [0.29, 0.717) is 11.6 Å². The van der Waals surface area contributed by atoms with Gasteiger partial charge in [0.1, 0.15) is 0 Å². The van der Waals surface area contributed by atoms with E-state index in [1.54, 1.807) is 16.9 Å². The van der Waals surface area contributed by atoms with Crippen LogP contribution in [0.25, 0.3) is 0 Å². The molecule has 0 amide bonds. The molecule has 1 unspecified atom stereocenters. The van der Waals surface area contributed by atoms with Gasteiger partial charge >= 0.3 is 0 Å². The third-order valence-corrected chi connectivity index (χ3v) is 3.52. The number of rotatable bonds is 5. The molecule has 0 saturated carbocycles. The van der Waals surface area contributed by atoms with Crippen molar-refractivity contribution in [3.63, 3.8) is 0 Å². The van der Waals surface area contributed by atoms with Gasteiger partial charge in [0.05, 0.1) is 22.7 Å². The highest BCUT2D eigenvalue weighted by atomic mass is 35.5. The molecule has 1 aromatic carbocycles. The average molecular weight is 295 g/mol. The first-order valence-corrected chi connectivity index (χ1v) is 6.51. The second kappa shape index (κ2) is 6.02. The van der Waals surface area contributed by atoms with Crippen molar-refractivity contribution in [1.82, 2.24) is 15.1 Å². The number of nitro benzene ring substituents is 1. The summed E-state index contributed by atoms with van der Waals surface area (Å²) in [5.74, 6) is 0. The first-order chi connectivity index (χ1) is 9.51. The van der Waals surface area contributed by atoms with Gasteiger partial charge < -0.3 is 5.32 Å². The Morgan fingerprint density at radius 3 is 2.90 bits per heavy atom. The Kier molecular flexibility index (Phi) is 4.36. The van der Waals surface area contributed by atoms with Crippen LogP contribution < -0.4 is 5.32 Å². The fourth-order valence-electron chi connectivity index (χ4n) is 1.81. The number of non-ortho nitro benzene ring substituents is 1. The van der Waals surface area contributed by atoms with E-state index in [4.69, 9.17) is 11.6 Å². The van der Waals surface area contributed by atoms with E-state index >= 15 is 0 Å². The predicted molar refractivity (Wildman–Crippen MR) is 76.9 cm³/mol. The molecular weight excluding hydrogens is 280 g/mol. The highest BCUT2D eigenvalue weighted by Crippen LogP contribution is 2.23. The standard InChI is InChI=1S/C13H15ClN4O2/c1-9(15-2)11-6-16-17(8-11)7-10-3-4-12(18(19)20)5-13(10)14/h3-6,8-9,15H,7H2,1-2H3. The molecule has 1 heterocycles. The number of nitrogens with zero attached hydrogens (tertiary/aromatic N) is 3. The van der Waals surface area contributed by atoms with Gasteiger partial charge in [-0.15, -0.1) is 0 Å². The topological polar surface area (TPSA) is 73.0 Å². The molecule has 106 valence electrons. The number of nitrogens with one attached hydrogen (secondary N) is 1. The van der Waals surface area contributed by atoms with Gasteiger partial charge in [-0.1, -0.05) is 11.6 Å². The van der Waals surface area contributed by atoms with Gasteiger partial charge in [0.2, 0.25) is 0 Å². The van der Waals surface area contributed by atoms with E-state index in [9.17, 15) is 10.1 Å². The first-order valence-electron chi connectivity index (χ1n) is 6.13. The summed E-state index contributed by atoms with van der Waals surface area (Å²) in [4.78, 5) is 10.2. The summed E-state index contributed by atoms with van der Waals surface area (Å²) < 4.78 is 1.76. The Balaban J connectivity index is 2.18. The Hall–Kier alpha value is -1.92. The molecule has 0 bridgehead atoms. The van der Waals surface area contributed by atoms with E-state index in [1.165, 1.54) is 12.1 Å². The largest absolute Gasteiger partial charge is 0.313 e. The Morgan fingerprint density at radius 2 is 2.30 bits per heavy atom. The van der Waals surface area contributed by atoms with Crippen LogP contribution in [0.4, 0.5) is 5.69 Å². The maximum absolute atomic E-state index is 10.7. The molecule has 0 aliphatic carbocycles. The van der Waals surface area contributed by atoms with Crippen LogP contribution in [-0.2, 0) is 6.54 Å². The lowest BCUT2D eigenvalue weighted by Crippen LogP contribution is -2.11. The van der Waals surface area contributed by atoms with E-state index in [1.807, 2.05) is 20.2 Å². The van der Waals surface area contributed by atoms with Crippen LogP contribution in [0, 0.1) is 10.1 Å². The van der Waals surface area contributed by atoms with E-state index in [2.05, 4.69) is 10.4 Å². The van der Waals surface area contributed by atoms with Crippen LogP contribution in [-0.4, -0.2) is 21.8 Å². The molecule has 0 aliphatic rings. The molecule has 1 atom stereocenters. The summed E-state index contributed by atoms with van der Waals surface area (Å²) in [6.07, 6.45) is 3.72. The molecule has 0 radical (unpaired) electrons. The summed E-state index contributed by atoms with van der Waals surface area (Å²) in [5, 5.41) is 18.4. The zero-order valence-corrected chi connectivity index (χ0v) is 12.0. The average Bonchev–Trinajstić information content (AvgIpc) is 2.88. The summed E-state index contributed by atoms with van der Waals surface area (Å²) in [6.45, 7) is 2.52. The highest BCUT2D eigenvalue weighted by molar-refractivity contribution is 6.31. The molecule has 20 heavy (non-hydrogen) atoms. The van der Waals surface area contributed by atoms with Gasteiger partial charge in [-0.25, -0.2) is 0 Å². The van der Waals surface area contributed by atoms with E-state index < -0.39 is 4.92 Å². The van der Waals surface area contributed by atoms with Gasteiger partial charge in [0, 0.05) is 29.9 Å². The number of nitro groups is 1. The molecule has 0 aliphatic heterocycles. The maximum Gasteiger partial charge on any atom is 0.270 e. The molecule has 2 aromatic rings. The molecule has 1 N–H and O–H groups in total. The molecule has 1 aromatic heterocycles. The minimum Gasteiger partial charge on any atom is -0.313 e. The number of hydrogen-bond acceptors (Lipinski definition) is 4. The number of hydrogen-bond donors (Lipinski definition) is 1. The minimum absolute atomic E-state index is 0.0105. The van der Waals surface area contributed by atoms with Gasteiger partial charge in [0.15, 0.2) is 0 Å². The quantitative estimate of drug-likeness (QED) is 0.680. The molecule has 2 rings (SSSR count). The number of aromatic nitrogens is 2. The third-order valence-electron chi connectivity index (χ3n) is 3.17. The predicted octanol–water partition coefficient (Wildman–Crippen LogP) is 2.77. The summed E-state index contributed by atoms with van der Waals surface area (Å²) in [6, 6.07) is 4.68. The fraction of sp³-hybridized carbons (Fsp3) is 0.308. The van der Waals surface area contributed by atoms with Crippen molar-refractivity contribution < 1.29 is 4.92 Å². The monoisotopic (exact) mass is 294 g/mol. The summed E-state index contributed by atoms with van der Waals surface area (Å²) >= 11 is 6.06. The van der Waals surface area contributed by atoms with Crippen LogP contribution >= 0.6 is 11.6 Å². The molecule has 0 spiro atoms. The Labute approximate surface area is 121 Å². The lowest BCUT2D eigenvalue weighted by molar-refractivity contribution is -0.384. The van der Waals surface area contributed by atoms with Crippen LogP contribution in [0.2, 0.25) is 5.02 Å². The molecular formula is C13H15ClN4O2. The second-order valence-electron chi connectivity index (χ2n) is 4.51. The zero-order valence-electron chi connectivity index (χ0n) is 11.2. The zero-order chi connectivity index (χ0) is 14.7. The van der Waals surface area contributed by atoms with Crippen molar-refractivity contribution in [3.05, 3.63) is 56.9 Å². The molecule has 6 nitrogen and oxygen atoms in total. The van der Waals surface area contributed by atoms with Gasteiger partial charge in [-0.3, -0.25) is 14.8 Å². The normalized spacial score (nSPS) is 12.3. The highest BCUT2D eigenvalue weighted by Gasteiger charge is 2.11. The smallest absolute Gasteiger partial charge is 0.270 e. The minimum atomic E-state index is -0.462. The maximum atomic E-state index is 10.7. The Bertz CT molecular complexity index is 627. The first kappa shape index (κ1) is 14.5. The molecule has 0 fully saturated rings. The van der Waals surface area contributed by atoms with Gasteiger partial charge in [-0.05, 0) is 25.6 Å². The lowest BCUT2D eigenvalue weighted by atomic mass is 10.2. The SMILES string of the molecule is CNC(C)c1cnn(Cc2ccc([N+](=O)[O-])cc2Cl)c1. The fourth-order valence-corrected chi connectivity index (χ4v) is 2.04. The number of halogens is 1. The van der Waals surface area contributed by atoms with Crippen LogP contribution in [0.1, 0.15) is 24.1 Å². The third kappa shape index (κ3) is 3.15. The van der Waals surface area contributed by atoms with Crippen molar-refractivity contribution in [2.24, 2.45) is 0 Å². The van der Waals surface area contributed by atoms with Crippen LogP contribution in [0.15, 0.2) is 30.6 Å². The molecule has 0 saturated heterocycles. The van der Waals surface area contributed by atoms with Crippen molar-refractivity contribution >= 4 is 17.3 Å². The Morgan fingerprint density at radius 1 is 1.55 bits per heavy atom. The van der Waals surface area contributed by atoms with Gasteiger partial charge in [0.25, 0.3) is 5.69 Å². The van der Waals surface area contributed by atoms with Crippen LogP contribution in [0.3, 0.4) is 0 Å². The van der Waals surface area contributed by atoms with Crippen molar-refractivity contribution in [2.45, 2.75) is 19.5 Å². The van der Waals surface area contributed by atoms with E-state index in [-0.39, 0.29) is 11.7 Å².